The van der Waals surface area contributed by atoms with Crippen LogP contribution in [0.2, 0.25) is 0 Å². The largest absolute Gasteiger partial charge is 0.416 e. The van der Waals surface area contributed by atoms with E-state index in [1.807, 2.05) is 0 Å². The second kappa shape index (κ2) is 5.55. The van der Waals surface area contributed by atoms with Crippen LogP contribution in [0, 0.1) is 0 Å². The molecule has 0 unspecified atom stereocenters. The van der Waals surface area contributed by atoms with E-state index in [0.29, 0.717) is 0 Å². The molecule has 0 saturated carbocycles. The van der Waals surface area contributed by atoms with Crippen LogP contribution in [0.25, 0.3) is 43.1 Å². The highest BCUT2D eigenvalue weighted by Gasteiger charge is 2.15. The molecule has 0 fully saturated rings. The van der Waals surface area contributed by atoms with Crippen LogP contribution in [0.15, 0.2) is 66.7 Å². The average Bonchev–Trinajstić information content (AvgIpc) is 2.64. The van der Waals surface area contributed by atoms with Gasteiger partial charge < -0.3 is 4.43 Å². The standard InChI is InChI=1S/C23H20OSi/c1-14(2)24-25-20-13-12-16-8-4-10-18-17-9-3-6-15-7-5-11-19(21(15)17)23(20)22(16)18/h3-14H,25H2,1-2H3. The normalized spacial score (nSPS) is 12.8. The monoisotopic (exact) mass is 340 g/mol. The first-order valence-electron chi connectivity index (χ1n) is 8.93. The van der Waals surface area contributed by atoms with Gasteiger partial charge in [-0.1, -0.05) is 66.7 Å². The summed E-state index contributed by atoms with van der Waals surface area (Å²) in [4.78, 5) is 0. The maximum absolute atomic E-state index is 6.11. The van der Waals surface area contributed by atoms with Crippen LogP contribution in [0.3, 0.4) is 0 Å². The quantitative estimate of drug-likeness (QED) is 0.259. The van der Waals surface area contributed by atoms with Crippen LogP contribution in [0.1, 0.15) is 13.8 Å². The van der Waals surface area contributed by atoms with Crippen molar-refractivity contribution in [3.63, 3.8) is 0 Å². The topological polar surface area (TPSA) is 9.23 Å². The fraction of sp³-hybridized carbons (Fsp3) is 0.130. The summed E-state index contributed by atoms with van der Waals surface area (Å²) in [6.07, 6.45) is 0.288. The summed E-state index contributed by atoms with van der Waals surface area (Å²) in [6.45, 7) is 4.25. The van der Waals surface area contributed by atoms with Gasteiger partial charge in [0.15, 0.2) is 9.76 Å². The molecule has 25 heavy (non-hydrogen) atoms. The van der Waals surface area contributed by atoms with E-state index in [0.717, 1.165) is 0 Å². The van der Waals surface area contributed by atoms with Gasteiger partial charge in [-0.2, -0.15) is 0 Å². The number of rotatable bonds is 3. The summed E-state index contributed by atoms with van der Waals surface area (Å²) in [5.74, 6) is 0. The molecule has 0 spiro atoms. The predicted molar refractivity (Wildman–Crippen MR) is 112 cm³/mol. The third-order valence-corrected chi connectivity index (χ3v) is 6.90. The van der Waals surface area contributed by atoms with Crippen molar-refractivity contribution in [1.29, 1.82) is 0 Å². The number of benzene rings is 5. The Hall–Kier alpha value is -2.42. The lowest BCUT2D eigenvalue weighted by Gasteiger charge is -2.17. The van der Waals surface area contributed by atoms with Crippen molar-refractivity contribution in [2.24, 2.45) is 0 Å². The van der Waals surface area contributed by atoms with E-state index in [1.54, 1.807) is 0 Å². The zero-order chi connectivity index (χ0) is 17.0. The molecule has 0 N–H and O–H groups in total. The molecule has 0 saturated heterocycles. The molecule has 0 amide bonds. The minimum atomic E-state index is -0.764. The van der Waals surface area contributed by atoms with Gasteiger partial charge in [0.1, 0.15) is 0 Å². The molecule has 0 aliphatic carbocycles. The summed E-state index contributed by atoms with van der Waals surface area (Å²) in [5, 5.41) is 12.3. The molecule has 122 valence electrons. The number of fused-ring (bicyclic) bond motifs is 2. The SMILES string of the molecule is CC(C)O[SiH2]c1ccc2cccc3c4cccc5cccc(c1c23)c54. The molecular weight excluding hydrogens is 320 g/mol. The summed E-state index contributed by atoms with van der Waals surface area (Å²) >= 11 is 0. The van der Waals surface area contributed by atoms with Crippen molar-refractivity contribution in [3.05, 3.63) is 66.7 Å². The second-order valence-electron chi connectivity index (χ2n) is 7.07. The third-order valence-electron chi connectivity index (χ3n) is 5.17. The Balaban J connectivity index is 2.03. The Labute approximate surface area is 149 Å². The van der Waals surface area contributed by atoms with E-state index in [2.05, 4.69) is 80.6 Å². The highest BCUT2D eigenvalue weighted by molar-refractivity contribution is 6.55. The lowest BCUT2D eigenvalue weighted by Crippen LogP contribution is -2.22. The van der Waals surface area contributed by atoms with Gasteiger partial charge in [0.2, 0.25) is 0 Å². The zero-order valence-corrected chi connectivity index (χ0v) is 16.0. The van der Waals surface area contributed by atoms with Crippen LogP contribution in [0.4, 0.5) is 0 Å². The lowest BCUT2D eigenvalue weighted by molar-refractivity contribution is 0.260. The molecule has 0 heterocycles. The van der Waals surface area contributed by atoms with E-state index in [4.69, 9.17) is 4.43 Å². The average molecular weight is 340 g/mol. The summed E-state index contributed by atoms with van der Waals surface area (Å²) in [6, 6.07) is 24.6. The van der Waals surface area contributed by atoms with Crippen LogP contribution in [-0.2, 0) is 4.43 Å². The van der Waals surface area contributed by atoms with E-state index < -0.39 is 9.76 Å². The van der Waals surface area contributed by atoms with Crippen molar-refractivity contribution in [3.8, 4) is 0 Å². The molecular formula is C23H20OSi. The zero-order valence-electron chi connectivity index (χ0n) is 14.5. The molecule has 5 aromatic carbocycles. The van der Waals surface area contributed by atoms with Crippen molar-refractivity contribution >= 4 is 58.0 Å². The smallest absolute Gasteiger partial charge is 0.193 e. The molecule has 0 aromatic heterocycles. The fourth-order valence-corrected chi connectivity index (χ4v) is 5.34. The maximum atomic E-state index is 6.11. The van der Waals surface area contributed by atoms with Crippen molar-refractivity contribution in [2.75, 3.05) is 0 Å². The third kappa shape index (κ3) is 2.18. The highest BCUT2D eigenvalue weighted by Crippen LogP contribution is 2.39. The van der Waals surface area contributed by atoms with Gasteiger partial charge in [0, 0.05) is 6.10 Å². The molecule has 0 aliphatic heterocycles. The molecule has 0 atom stereocenters. The maximum Gasteiger partial charge on any atom is 0.193 e. The number of hydrogen-bond acceptors (Lipinski definition) is 1. The van der Waals surface area contributed by atoms with E-state index in [-0.39, 0.29) is 6.10 Å². The Morgan fingerprint density at radius 2 is 1.24 bits per heavy atom. The fourth-order valence-electron chi connectivity index (χ4n) is 4.10. The highest BCUT2D eigenvalue weighted by atomic mass is 28.2. The Kier molecular flexibility index (Phi) is 3.30. The molecule has 5 rings (SSSR count). The minimum Gasteiger partial charge on any atom is -0.416 e. The van der Waals surface area contributed by atoms with E-state index in [1.165, 1.54) is 48.3 Å². The minimum absolute atomic E-state index is 0.288. The molecule has 0 bridgehead atoms. The molecule has 0 aliphatic rings. The summed E-state index contributed by atoms with van der Waals surface area (Å²) in [5.41, 5.74) is 0. The molecule has 1 nitrogen and oxygen atoms in total. The van der Waals surface area contributed by atoms with E-state index >= 15 is 0 Å². The Morgan fingerprint density at radius 1 is 0.640 bits per heavy atom. The van der Waals surface area contributed by atoms with Gasteiger partial charge in [-0.25, -0.2) is 0 Å². The van der Waals surface area contributed by atoms with Gasteiger partial charge in [-0.05, 0) is 62.1 Å². The second-order valence-corrected chi connectivity index (χ2v) is 8.46. The van der Waals surface area contributed by atoms with Crippen molar-refractivity contribution in [2.45, 2.75) is 20.0 Å². The first kappa shape index (κ1) is 14.9. The van der Waals surface area contributed by atoms with Gasteiger partial charge in [0.05, 0.1) is 0 Å². The molecule has 5 aromatic rings. The Bertz CT molecular complexity index is 1220. The molecule has 0 radical (unpaired) electrons. The van der Waals surface area contributed by atoms with Crippen molar-refractivity contribution in [1.82, 2.24) is 0 Å². The summed E-state index contributed by atoms with van der Waals surface area (Å²) < 4.78 is 6.11. The summed E-state index contributed by atoms with van der Waals surface area (Å²) in [7, 11) is -0.764. The van der Waals surface area contributed by atoms with Gasteiger partial charge in [0.25, 0.3) is 0 Å². The predicted octanol–water partition coefficient (Wildman–Crippen LogP) is 4.87. The van der Waals surface area contributed by atoms with Gasteiger partial charge in [-0.15, -0.1) is 0 Å². The lowest BCUT2D eigenvalue weighted by atomic mass is 9.90. The van der Waals surface area contributed by atoms with E-state index in [9.17, 15) is 0 Å². The van der Waals surface area contributed by atoms with Crippen molar-refractivity contribution < 1.29 is 4.43 Å². The van der Waals surface area contributed by atoms with Crippen LogP contribution in [-0.4, -0.2) is 15.9 Å². The number of hydrogen-bond donors (Lipinski definition) is 0. The van der Waals surface area contributed by atoms with Crippen LogP contribution < -0.4 is 5.19 Å². The first-order chi connectivity index (χ1) is 12.2. The molecule has 2 heteroatoms. The first-order valence-corrected chi connectivity index (χ1v) is 10.2. The van der Waals surface area contributed by atoms with Crippen LogP contribution >= 0.6 is 0 Å². The Morgan fingerprint density at radius 3 is 1.92 bits per heavy atom. The van der Waals surface area contributed by atoms with Gasteiger partial charge in [-0.3, -0.25) is 0 Å². The van der Waals surface area contributed by atoms with Gasteiger partial charge >= 0.3 is 0 Å². The van der Waals surface area contributed by atoms with Crippen LogP contribution in [0.5, 0.6) is 0 Å².